The number of nitrogens with zero attached hydrogens (tertiary/aromatic N) is 4. The minimum Gasteiger partial charge on any atom is -0.495 e. The van der Waals surface area contributed by atoms with Crippen LogP contribution < -0.4 is 20.1 Å². The Kier molecular flexibility index (Phi) is 8.53. The monoisotopic (exact) mass is 604 g/mol. The molecule has 2 aromatic carbocycles. The van der Waals surface area contributed by atoms with Crippen LogP contribution in [-0.4, -0.2) is 77.3 Å². The van der Waals surface area contributed by atoms with Crippen LogP contribution in [0, 0.1) is 0 Å². The zero-order valence-electron chi connectivity index (χ0n) is 23.0. The van der Waals surface area contributed by atoms with Gasteiger partial charge in [-0.15, -0.1) is 0 Å². The van der Waals surface area contributed by atoms with Crippen LogP contribution >= 0.6 is 23.2 Å². The van der Waals surface area contributed by atoms with Crippen LogP contribution in [0.2, 0.25) is 10.0 Å². The van der Waals surface area contributed by atoms with Gasteiger partial charge >= 0.3 is 0 Å². The predicted molar refractivity (Wildman–Crippen MR) is 154 cm³/mol. The molecule has 2 aliphatic rings. The van der Waals surface area contributed by atoms with Crippen molar-refractivity contribution in [1.29, 1.82) is 0 Å². The highest BCUT2D eigenvalue weighted by Gasteiger charge is 2.34. The number of aromatic nitrogens is 2. The van der Waals surface area contributed by atoms with Crippen LogP contribution in [0.5, 0.6) is 17.4 Å². The Balaban J connectivity index is 1.36. The number of anilines is 2. The second-order valence-electron chi connectivity index (χ2n) is 10.2. The van der Waals surface area contributed by atoms with E-state index in [1.807, 2.05) is 31.0 Å². The lowest BCUT2D eigenvalue weighted by Crippen LogP contribution is -2.50. The summed E-state index contributed by atoms with van der Waals surface area (Å²) in [6, 6.07) is 7.91. The number of alkyl halides is 1. The Hall–Kier alpha value is -3.22. The maximum absolute atomic E-state index is 14.5. The standard InChI is InChI=1S/C28H31Cl2FN6O4/c1-14-15-6-5-7-22(24(15)27(39)37(14)3)41-26-18(30)12-32-28(35-26)34-21-11-17(29)16(10-23(21)40-4)25(38)33-20-8-9-36(2)13-19(20)31/h5-7,10-12,14,19-20,25,33,38H,8-9,13H2,1-4H3,(H,32,34,35)/t14-,19+,20-,25?/m0/s1. The molecule has 1 aromatic heterocycles. The van der Waals surface area contributed by atoms with E-state index in [0.717, 1.165) is 12.1 Å². The van der Waals surface area contributed by atoms with E-state index in [1.54, 1.807) is 30.1 Å². The van der Waals surface area contributed by atoms with Crippen LogP contribution in [0.1, 0.15) is 47.1 Å². The zero-order valence-corrected chi connectivity index (χ0v) is 24.5. The molecular weight excluding hydrogens is 574 g/mol. The van der Waals surface area contributed by atoms with E-state index in [1.165, 1.54) is 13.3 Å². The van der Waals surface area contributed by atoms with E-state index in [2.05, 4.69) is 20.6 Å². The molecule has 3 N–H and O–H groups in total. The van der Waals surface area contributed by atoms with Crippen molar-refractivity contribution in [3.8, 4) is 17.4 Å². The third-order valence-electron chi connectivity index (χ3n) is 7.52. The largest absolute Gasteiger partial charge is 0.495 e. The number of fused-ring (bicyclic) bond motifs is 1. The number of hydrogen-bond acceptors (Lipinski definition) is 9. The minimum atomic E-state index is -1.21. The number of carbonyl (C=O) groups is 1. The highest BCUT2D eigenvalue weighted by atomic mass is 35.5. The molecule has 4 atom stereocenters. The highest BCUT2D eigenvalue weighted by molar-refractivity contribution is 6.32. The predicted octanol–water partition coefficient (Wildman–Crippen LogP) is 5.10. The summed E-state index contributed by atoms with van der Waals surface area (Å²) in [7, 11) is 5.07. The normalized spacial score (nSPS) is 21.5. The van der Waals surface area contributed by atoms with Gasteiger partial charge in [-0.25, -0.2) is 9.37 Å². The number of carbonyl (C=O) groups excluding carboxylic acids is 1. The topological polar surface area (TPSA) is 112 Å². The molecule has 3 heterocycles. The van der Waals surface area contributed by atoms with Gasteiger partial charge in [0.05, 0.1) is 35.6 Å². The van der Waals surface area contributed by atoms with E-state index < -0.39 is 18.4 Å². The molecule has 218 valence electrons. The zero-order chi connectivity index (χ0) is 29.4. The lowest BCUT2D eigenvalue weighted by atomic mass is 10.0. The van der Waals surface area contributed by atoms with E-state index in [0.29, 0.717) is 34.7 Å². The fourth-order valence-corrected chi connectivity index (χ4v) is 5.46. The van der Waals surface area contributed by atoms with Gasteiger partial charge in [-0.05, 0) is 50.7 Å². The van der Waals surface area contributed by atoms with Crippen molar-refractivity contribution in [3.63, 3.8) is 0 Å². The molecule has 5 rings (SSSR count). The second-order valence-corrected chi connectivity index (χ2v) is 11.0. The van der Waals surface area contributed by atoms with Gasteiger partial charge in [-0.1, -0.05) is 35.3 Å². The molecule has 1 fully saturated rings. The number of benzene rings is 2. The number of hydrogen-bond donors (Lipinski definition) is 3. The smallest absolute Gasteiger partial charge is 0.258 e. The average Bonchev–Trinajstić information content (AvgIpc) is 3.16. The van der Waals surface area contributed by atoms with E-state index >= 15 is 0 Å². The first-order chi connectivity index (χ1) is 19.6. The van der Waals surface area contributed by atoms with Crippen LogP contribution in [0.3, 0.4) is 0 Å². The average molecular weight is 605 g/mol. The molecule has 41 heavy (non-hydrogen) atoms. The van der Waals surface area contributed by atoms with E-state index in [4.69, 9.17) is 32.7 Å². The second kappa shape index (κ2) is 11.9. The van der Waals surface area contributed by atoms with E-state index in [-0.39, 0.29) is 40.4 Å². The molecule has 10 nitrogen and oxygen atoms in total. The van der Waals surface area contributed by atoms with Crippen LogP contribution in [-0.2, 0) is 0 Å². The van der Waals surface area contributed by atoms with Gasteiger partial charge in [0.15, 0.2) is 0 Å². The van der Waals surface area contributed by atoms with Crippen molar-refractivity contribution in [2.45, 2.75) is 37.8 Å². The summed E-state index contributed by atoms with van der Waals surface area (Å²) in [5.41, 5.74) is 2.06. The summed E-state index contributed by atoms with van der Waals surface area (Å²) in [6.45, 7) is 2.95. The Morgan fingerprint density at radius 1 is 1.20 bits per heavy atom. The third kappa shape index (κ3) is 5.91. The molecule has 2 aliphatic heterocycles. The molecule has 1 saturated heterocycles. The number of methoxy groups -OCH3 is 1. The molecule has 0 radical (unpaired) electrons. The number of piperidine rings is 1. The Morgan fingerprint density at radius 3 is 2.71 bits per heavy atom. The fraction of sp³-hybridized carbons (Fsp3) is 0.393. The SMILES string of the molecule is COc1cc(C(O)N[C@H]2CCN(C)C[C@H]2F)c(Cl)cc1Nc1ncc(Cl)c(Oc2cccc3c2C(=O)N(C)[C@H]3C)n1. The first kappa shape index (κ1) is 29.3. The van der Waals surface area contributed by atoms with Crippen LogP contribution in [0.4, 0.5) is 16.0 Å². The van der Waals surface area contributed by atoms with Gasteiger partial charge in [0.25, 0.3) is 5.91 Å². The maximum Gasteiger partial charge on any atom is 0.258 e. The molecule has 1 amide bonds. The summed E-state index contributed by atoms with van der Waals surface area (Å²) in [5, 5.41) is 17.2. The van der Waals surface area contributed by atoms with E-state index in [9.17, 15) is 14.3 Å². The van der Waals surface area contributed by atoms with Gasteiger partial charge in [0.2, 0.25) is 11.8 Å². The van der Waals surface area contributed by atoms with Gasteiger partial charge in [-0.2, -0.15) is 4.98 Å². The minimum absolute atomic E-state index is 0.0489. The Morgan fingerprint density at radius 2 is 1.98 bits per heavy atom. The molecule has 0 bridgehead atoms. The summed E-state index contributed by atoms with van der Waals surface area (Å²) in [6.07, 6.45) is -0.405. The van der Waals surface area contributed by atoms with Crippen LogP contribution in [0.25, 0.3) is 0 Å². The van der Waals surface area contributed by atoms with Crippen molar-refractivity contribution >= 4 is 40.7 Å². The van der Waals surface area contributed by atoms with Crippen molar-refractivity contribution in [2.75, 3.05) is 39.6 Å². The number of halogens is 3. The number of ether oxygens (including phenoxy) is 2. The lowest BCUT2D eigenvalue weighted by Gasteiger charge is -2.34. The summed E-state index contributed by atoms with van der Waals surface area (Å²) in [5.74, 6) is 0.700. The fourth-order valence-electron chi connectivity index (χ4n) is 5.06. The van der Waals surface area contributed by atoms with Gasteiger partial charge in [0, 0.05) is 25.2 Å². The van der Waals surface area contributed by atoms with Crippen molar-refractivity contribution in [3.05, 3.63) is 63.3 Å². The quantitative estimate of drug-likeness (QED) is 0.302. The van der Waals surface area contributed by atoms with Gasteiger partial charge < -0.3 is 29.7 Å². The molecule has 0 spiro atoms. The number of amides is 1. The highest BCUT2D eigenvalue weighted by Crippen LogP contribution is 2.40. The lowest BCUT2D eigenvalue weighted by molar-refractivity contribution is 0.0614. The molecular formula is C28H31Cl2FN6O4. The Labute approximate surface area is 247 Å². The first-order valence-corrected chi connectivity index (χ1v) is 13.8. The van der Waals surface area contributed by atoms with Gasteiger partial charge in [-0.3, -0.25) is 10.1 Å². The Bertz CT molecular complexity index is 1460. The number of likely N-dealkylation sites (tertiary alicyclic amines) is 1. The number of aliphatic hydroxyl groups is 1. The third-order valence-corrected chi connectivity index (χ3v) is 8.11. The molecule has 0 aliphatic carbocycles. The molecule has 3 aromatic rings. The number of aliphatic hydroxyl groups excluding tert-OH is 1. The summed E-state index contributed by atoms with van der Waals surface area (Å²) >= 11 is 12.9. The van der Waals surface area contributed by atoms with Crippen molar-refractivity contribution < 1.29 is 23.8 Å². The first-order valence-electron chi connectivity index (χ1n) is 13.1. The number of nitrogens with one attached hydrogen (secondary N) is 2. The number of rotatable bonds is 8. The summed E-state index contributed by atoms with van der Waals surface area (Å²) in [4.78, 5) is 25.0. The van der Waals surface area contributed by atoms with Crippen molar-refractivity contribution in [2.24, 2.45) is 0 Å². The summed E-state index contributed by atoms with van der Waals surface area (Å²) < 4.78 is 26.0. The molecule has 1 unspecified atom stereocenters. The maximum atomic E-state index is 14.5. The molecule has 13 heteroatoms. The van der Waals surface area contributed by atoms with Crippen LogP contribution in [0.15, 0.2) is 36.5 Å². The molecule has 0 saturated carbocycles. The van der Waals surface area contributed by atoms with Gasteiger partial charge in [0.1, 0.15) is 28.9 Å². The van der Waals surface area contributed by atoms with Crippen molar-refractivity contribution in [1.82, 2.24) is 25.1 Å².